The van der Waals surface area contributed by atoms with E-state index in [4.69, 9.17) is 0 Å². The highest BCUT2D eigenvalue weighted by Crippen LogP contribution is 2.29. The van der Waals surface area contributed by atoms with E-state index in [2.05, 4.69) is 49.7 Å². The summed E-state index contributed by atoms with van der Waals surface area (Å²) < 4.78 is 1.71. The van der Waals surface area contributed by atoms with Crippen LogP contribution in [0.1, 0.15) is 52.3 Å². The molecular formula is C25H29N7O2S. The van der Waals surface area contributed by atoms with E-state index < -0.39 is 5.97 Å². The highest BCUT2D eigenvalue weighted by Gasteiger charge is 2.24. The average Bonchev–Trinajstić information content (AvgIpc) is 3.41. The van der Waals surface area contributed by atoms with Gasteiger partial charge in [0.15, 0.2) is 0 Å². The summed E-state index contributed by atoms with van der Waals surface area (Å²) in [7, 11) is 1.85. The van der Waals surface area contributed by atoms with Gasteiger partial charge in [0.1, 0.15) is 4.88 Å². The maximum absolute atomic E-state index is 11.7. The molecule has 0 aliphatic rings. The number of carbonyl (C=O) groups is 1. The fourth-order valence-electron chi connectivity index (χ4n) is 3.52. The molecule has 0 saturated heterocycles. The number of hydrogen-bond acceptors (Lipinski definition) is 8. The van der Waals surface area contributed by atoms with E-state index in [9.17, 15) is 9.90 Å². The molecule has 0 radical (unpaired) electrons. The number of anilines is 2. The molecule has 4 aromatic rings. The first-order chi connectivity index (χ1) is 16.6. The van der Waals surface area contributed by atoms with Crippen LogP contribution in [0.15, 0.2) is 42.9 Å². The van der Waals surface area contributed by atoms with Crippen LogP contribution in [-0.2, 0) is 25.6 Å². The molecule has 0 saturated carbocycles. The van der Waals surface area contributed by atoms with Crippen molar-refractivity contribution in [2.24, 2.45) is 7.05 Å². The van der Waals surface area contributed by atoms with Crippen LogP contribution in [0.25, 0.3) is 11.3 Å². The van der Waals surface area contributed by atoms with Crippen LogP contribution in [0.2, 0.25) is 0 Å². The summed E-state index contributed by atoms with van der Waals surface area (Å²) in [6.45, 7) is 9.16. The number of aromatic nitrogens is 5. The summed E-state index contributed by atoms with van der Waals surface area (Å²) in [5.41, 5.74) is 5.26. The predicted octanol–water partition coefficient (Wildman–Crippen LogP) is 4.67. The second-order valence-electron chi connectivity index (χ2n) is 9.39. The molecule has 10 heteroatoms. The lowest BCUT2D eigenvalue weighted by molar-refractivity contribution is 0.0700. The molecule has 182 valence electrons. The predicted molar refractivity (Wildman–Crippen MR) is 137 cm³/mol. The molecular weight excluding hydrogens is 462 g/mol. The highest BCUT2D eigenvalue weighted by molar-refractivity contribution is 7.13. The summed E-state index contributed by atoms with van der Waals surface area (Å²) in [5.74, 6) is -0.427. The van der Waals surface area contributed by atoms with Crippen molar-refractivity contribution in [3.8, 4) is 11.3 Å². The van der Waals surface area contributed by atoms with Crippen LogP contribution in [-0.4, -0.2) is 35.8 Å². The zero-order valence-electron chi connectivity index (χ0n) is 20.5. The fraction of sp³-hybridized carbons (Fsp3) is 0.320. The first-order valence-corrected chi connectivity index (χ1v) is 12.0. The van der Waals surface area contributed by atoms with Gasteiger partial charge in [-0.3, -0.25) is 4.68 Å². The minimum Gasteiger partial charge on any atom is -0.477 e. The molecule has 0 spiro atoms. The van der Waals surface area contributed by atoms with Crippen LogP contribution in [0.5, 0.6) is 0 Å². The lowest BCUT2D eigenvalue weighted by Crippen LogP contribution is -2.16. The molecule has 3 heterocycles. The monoisotopic (exact) mass is 491 g/mol. The number of aromatic carboxylic acids is 1. The summed E-state index contributed by atoms with van der Waals surface area (Å²) in [6, 6.07) is 8.07. The molecule has 1 aromatic carbocycles. The van der Waals surface area contributed by atoms with Crippen molar-refractivity contribution in [1.29, 1.82) is 0 Å². The van der Waals surface area contributed by atoms with Gasteiger partial charge in [-0.2, -0.15) is 5.10 Å². The maximum Gasteiger partial charge on any atom is 0.347 e. The minimum absolute atomic E-state index is 0.187. The van der Waals surface area contributed by atoms with Crippen LogP contribution in [0, 0.1) is 6.92 Å². The van der Waals surface area contributed by atoms with Gasteiger partial charge >= 0.3 is 5.97 Å². The molecule has 0 aliphatic carbocycles. The Bertz CT molecular complexity index is 1350. The normalized spacial score (nSPS) is 11.6. The largest absolute Gasteiger partial charge is 0.477 e. The Labute approximate surface area is 208 Å². The van der Waals surface area contributed by atoms with Crippen molar-refractivity contribution in [3.05, 3.63) is 69.6 Å². The van der Waals surface area contributed by atoms with E-state index in [0.717, 1.165) is 33.1 Å². The highest BCUT2D eigenvalue weighted by atomic mass is 32.1. The maximum atomic E-state index is 11.7. The summed E-state index contributed by atoms with van der Waals surface area (Å²) in [6.07, 6.45) is 5.31. The topological polar surface area (TPSA) is 118 Å². The molecule has 4 rings (SSSR count). The van der Waals surface area contributed by atoms with Gasteiger partial charge in [-0.1, -0.05) is 32.9 Å². The Hall–Kier alpha value is -3.63. The smallest absolute Gasteiger partial charge is 0.347 e. The zero-order valence-corrected chi connectivity index (χ0v) is 21.3. The molecule has 9 nitrogen and oxygen atoms in total. The van der Waals surface area contributed by atoms with Gasteiger partial charge in [-0.25, -0.2) is 19.7 Å². The molecule has 0 amide bonds. The van der Waals surface area contributed by atoms with Gasteiger partial charge in [0.2, 0.25) is 5.95 Å². The molecule has 0 atom stereocenters. The van der Waals surface area contributed by atoms with Gasteiger partial charge < -0.3 is 15.7 Å². The SMILES string of the molecule is Cc1cc(-c2ccnc(Nc3cnn(C)c3)n2)ccc1CNCc1nc(C(C)(C)C)sc1C(=O)O. The summed E-state index contributed by atoms with van der Waals surface area (Å²) in [4.78, 5) is 25.5. The summed E-state index contributed by atoms with van der Waals surface area (Å²) in [5, 5.41) is 21.1. The first kappa shape index (κ1) is 24.5. The number of thiazole rings is 1. The number of rotatable bonds is 8. The molecule has 0 unspecified atom stereocenters. The van der Waals surface area contributed by atoms with Crippen molar-refractivity contribution in [2.75, 3.05) is 5.32 Å². The van der Waals surface area contributed by atoms with E-state index >= 15 is 0 Å². The van der Waals surface area contributed by atoms with Gasteiger partial charge in [-0.05, 0) is 30.2 Å². The number of carboxylic acid groups (broad SMARTS) is 1. The second kappa shape index (κ2) is 9.93. The van der Waals surface area contributed by atoms with E-state index in [1.165, 1.54) is 11.3 Å². The Kier molecular flexibility index (Phi) is 6.95. The van der Waals surface area contributed by atoms with Crippen LogP contribution < -0.4 is 10.6 Å². The van der Waals surface area contributed by atoms with Crippen molar-refractivity contribution in [1.82, 2.24) is 30.0 Å². The average molecular weight is 492 g/mol. The van der Waals surface area contributed by atoms with Gasteiger partial charge in [0.25, 0.3) is 0 Å². The van der Waals surface area contributed by atoms with E-state index in [1.54, 1.807) is 17.1 Å². The number of benzene rings is 1. The standard InChI is InChI=1S/C25H29N7O2S/c1-15-10-16(19-8-9-27-24(31-19)29-18-12-28-32(5)14-18)6-7-17(15)11-26-13-20-21(22(33)34)35-23(30-20)25(2,3)4/h6-10,12,14,26H,11,13H2,1-5H3,(H,33,34)(H,27,29,31). The van der Waals surface area contributed by atoms with Crippen LogP contribution in [0.4, 0.5) is 11.6 Å². The van der Waals surface area contributed by atoms with Crippen LogP contribution >= 0.6 is 11.3 Å². The quantitative estimate of drug-likeness (QED) is 0.325. The zero-order chi connectivity index (χ0) is 25.2. The second-order valence-corrected chi connectivity index (χ2v) is 10.4. The van der Waals surface area contributed by atoms with Crippen molar-refractivity contribution in [2.45, 2.75) is 46.2 Å². The molecule has 35 heavy (non-hydrogen) atoms. The third-order valence-electron chi connectivity index (χ3n) is 5.40. The molecule has 0 fully saturated rings. The van der Waals surface area contributed by atoms with Crippen molar-refractivity contribution < 1.29 is 9.90 Å². The Morgan fingerprint density at radius 2 is 1.97 bits per heavy atom. The third-order valence-corrected chi connectivity index (χ3v) is 6.91. The number of nitrogens with zero attached hydrogens (tertiary/aromatic N) is 5. The number of nitrogens with one attached hydrogen (secondary N) is 2. The molecule has 3 N–H and O–H groups in total. The molecule has 3 aromatic heterocycles. The van der Waals surface area contributed by atoms with Crippen LogP contribution in [0.3, 0.4) is 0 Å². The lowest BCUT2D eigenvalue weighted by Gasteiger charge is -2.13. The summed E-state index contributed by atoms with van der Waals surface area (Å²) >= 11 is 1.25. The van der Waals surface area contributed by atoms with Gasteiger partial charge in [-0.15, -0.1) is 11.3 Å². The third kappa shape index (κ3) is 5.90. The van der Waals surface area contributed by atoms with Gasteiger partial charge in [0.05, 0.1) is 28.3 Å². The van der Waals surface area contributed by atoms with Gasteiger partial charge in [0, 0.05) is 43.5 Å². The Morgan fingerprint density at radius 1 is 1.17 bits per heavy atom. The van der Waals surface area contributed by atoms with E-state index in [0.29, 0.717) is 29.6 Å². The van der Waals surface area contributed by atoms with Crippen molar-refractivity contribution >= 4 is 28.9 Å². The number of aryl methyl sites for hydroxylation is 2. The first-order valence-electron chi connectivity index (χ1n) is 11.2. The van der Waals surface area contributed by atoms with E-state index in [-0.39, 0.29) is 5.41 Å². The number of carboxylic acids is 1. The van der Waals surface area contributed by atoms with Crippen molar-refractivity contribution in [3.63, 3.8) is 0 Å². The molecule has 0 aliphatic heterocycles. The number of hydrogen-bond donors (Lipinski definition) is 3. The molecule has 0 bridgehead atoms. The minimum atomic E-state index is -0.933. The van der Waals surface area contributed by atoms with E-state index in [1.807, 2.05) is 46.1 Å². The fourth-order valence-corrected chi connectivity index (χ4v) is 4.50. The lowest BCUT2D eigenvalue weighted by atomic mass is 9.98. The Morgan fingerprint density at radius 3 is 2.63 bits per heavy atom. The Balaban J connectivity index is 1.44.